The largest absolute Gasteiger partial charge is 0.475 e. The molecule has 0 aromatic carbocycles. The maximum Gasteiger partial charge on any atom is 0.372 e. The summed E-state index contributed by atoms with van der Waals surface area (Å²) in [5.74, 6) is -0.304. The van der Waals surface area contributed by atoms with Gasteiger partial charge in [0.15, 0.2) is 0 Å². The molecule has 0 unspecified atom stereocenters. The van der Waals surface area contributed by atoms with Crippen LogP contribution in [0.2, 0.25) is 0 Å². The minimum absolute atomic E-state index is 0.0371. The van der Waals surface area contributed by atoms with E-state index in [4.69, 9.17) is 9.52 Å². The van der Waals surface area contributed by atoms with Gasteiger partial charge in [-0.1, -0.05) is 0 Å². The molecular formula is C12H20N2O3. The Morgan fingerprint density at radius 2 is 2.24 bits per heavy atom. The molecule has 1 heterocycles. The fraction of sp³-hybridized carbons (Fsp3) is 0.583. The molecule has 0 bridgehead atoms. The van der Waals surface area contributed by atoms with E-state index in [1.165, 1.54) is 0 Å². The molecule has 17 heavy (non-hydrogen) atoms. The van der Waals surface area contributed by atoms with Crippen molar-refractivity contribution in [2.45, 2.75) is 19.9 Å². The quantitative estimate of drug-likeness (QED) is 0.704. The molecule has 0 amide bonds. The predicted octanol–water partition coefficient (Wildman–Crippen LogP) is 1.33. The molecule has 96 valence electrons. The number of nitrogens with zero attached hydrogens (tertiary/aromatic N) is 1. The summed E-state index contributed by atoms with van der Waals surface area (Å²) in [6.07, 6.45) is 1.05. The van der Waals surface area contributed by atoms with E-state index in [-0.39, 0.29) is 5.76 Å². The van der Waals surface area contributed by atoms with Crippen LogP contribution in [0, 0.1) is 6.92 Å². The van der Waals surface area contributed by atoms with Gasteiger partial charge in [0.2, 0.25) is 5.76 Å². The van der Waals surface area contributed by atoms with Crippen molar-refractivity contribution in [2.24, 2.45) is 0 Å². The fourth-order valence-electron chi connectivity index (χ4n) is 1.58. The van der Waals surface area contributed by atoms with Gasteiger partial charge in [0, 0.05) is 5.56 Å². The van der Waals surface area contributed by atoms with E-state index in [1.54, 1.807) is 13.0 Å². The molecule has 0 spiro atoms. The Balaban J connectivity index is 2.32. The van der Waals surface area contributed by atoms with Gasteiger partial charge in [0.25, 0.3) is 0 Å². The van der Waals surface area contributed by atoms with Crippen LogP contribution in [0.4, 0.5) is 0 Å². The predicted molar refractivity (Wildman–Crippen MR) is 65.3 cm³/mol. The Kier molecular flexibility index (Phi) is 5.18. The van der Waals surface area contributed by atoms with Gasteiger partial charge in [-0.3, -0.25) is 0 Å². The summed E-state index contributed by atoms with van der Waals surface area (Å²) in [5, 5.41) is 12.1. The van der Waals surface area contributed by atoms with Gasteiger partial charge in [-0.15, -0.1) is 0 Å². The van der Waals surface area contributed by atoms with Crippen LogP contribution >= 0.6 is 0 Å². The topological polar surface area (TPSA) is 65.7 Å². The second-order valence-corrected chi connectivity index (χ2v) is 4.36. The lowest BCUT2D eigenvalue weighted by molar-refractivity contribution is 0.0659. The lowest BCUT2D eigenvalue weighted by atomic mass is 10.2. The first kappa shape index (κ1) is 13.7. The van der Waals surface area contributed by atoms with E-state index in [1.807, 2.05) is 14.1 Å². The van der Waals surface area contributed by atoms with Crippen LogP contribution in [-0.2, 0) is 6.54 Å². The van der Waals surface area contributed by atoms with Crippen LogP contribution in [0.3, 0.4) is 0 Å². The van der Waals surface area contributed by atoms with Crippen LogP contribution in [0.25, 0.3) is 0 Å². The molecule has 0 saturated carbocycles. The smallest absolute Gasteiger partial charge is 0.372 e. The van der Waals surface area contributed by atoms with Gasteiger partial charge >= 0.3 is 5.97 Å². The molecule has 2 N–H and O–H groups in total. The number of carboxylic acids is 1. The first-order chi connectivity index (χ1) is 8.00. The van der Waals surface area contributed by atoms with E-state index < -0.39 is 5.97 Å². The van der Waals surface area contributed by atoms with Crippen LogP contribution in [0.15, 0.2) is 10.5 Å². The van der Waals surface area contributed by atoms with Crippen molar-refractivity contribution in [1.29, 1.82) is 0 Å². The second kappa shape index (κ2) is 6.42. The zero-order valence-corrected chi connectivity index (χ0v) is 10.6. The summed E-state index contributed by atoms with van der Waals surface area (Å²) in [7, 11) is 4.07. The number of hydrogen-bond acceptors (Lipinski definition) is 4. The molecule has 5 heteroatoms. The van der Waals surface area contributed by atoms with Gasteiger partial charge in [-0.2, -0.15) is 0 Å². The molecule has 0 saturated heterocycles. The third kappa shape index (κ3) is 4.58. The van der Waals surface area contributed by atoms with Crippen molar-refractivity contribution in [1.82, 2.24) is 10.2 Å². The van der Waals surface area contributed by atoms with Gasteiger partial charge in [-0.05, 0) is 46.6 Å². The second-order valence-electron chi connectivity index (χ2n) is 4.36. The van der Waals surface area contributed by atoms with Crippen molar-refractivity contribution < 1.29 is 14.3 Å². The average Bonchev–Trinajstić information content (AvgIpc) is 2.59. The van der Waals surface area contributed by atoms with E-state index in [0.29, 0.717) is 17.9 Å². The Labute approximate surface area is 101 Å². The maximum absolute atomic E-state index is 10.8. The lowest BCUT2D eigenvalue weighted by Crippen LogP contribution is -2.20. The highest BCUT2D eigenvalue weighted by atomic mass is 16.4. The van der Waals surface area contributed by atoms with Crippen molar-refractivity contribution in [3.63, 3.8) is 0 Å². The minimum atomic E-state index is -1.01. The highest BCUT2D eigenvalue weighted by Crippen LogP contribution is 2.14. The van der Waals surface area contributed by atoms with Crippen molar-refractivity contribution in [2.75, 3.05) is 27.2 Å². The van der Waals surface area contributed by atoms with Gasteiger partial charge in [-0.25, -0.2) is 4.79 Å². The van der Waals surface area contributed by atoms with Gasteiger partial charge in [0.05, 0.1) is 6.54 Å². The first-order valence-electron chi connectivity index (χ1n) is 5.68. The van der Waals surface area contributed by atoms with Gasteiger partial charge < -0.3 is 19.7 Å². The molecule has 0 aliphatic rings. The number of nitrogens with one attached hydrogen (secondary N) is 1. The Morgan fingerprint density at radius 1 is 1.53 bits per heavy atom. The lowest BCUT2D eigenvalue weighted by Gasteiger charge is -2.08. The third-order valence-corrected chi connectivity index (χ3v) is 2.42. The van der Waals surface area contributed by atoms with Crippen LogP contribution in [-0.4, -0.2) is 43.2 Å². The monoisotopic (exact) mass is 240 g/mol. The number of carboxylic acid groups (broad SMARTS) is 1. The summed E-state index contributed by atoms with van der Waals surface area (Å²) in [6, 6.07) is 1.77. The van der Waals surface area contributed by atoms with Crippen LogP contribution < -0.4 is 5.32 Å². The summed E-state index contributed by atoms with van der Waals surface area (Å²) < 4.78 is 5.23. The van der Waals surface area contributed by atoms with Crippen molar-refractivity contribution in [3.05, 3.63) is 23.2 Å². The number of furan rings is 1. The molecule has 0 atom stereocenters. The molecule has 0 aliphatic carbocycles. The van der Waals surface area contributed by atoms with E-state index in [9.17, 15) is 4.79 Å². The Hall–Kier alpha value is -1.33. The minimum Gasteiger partial charge on any atom is -0.475 e. The van der Waals surface area contributed by atoms with Crippen molar-refractivity contribution in [3.8, 4) is 0 Å². The number of aryl methyl sites for hydroxylation is 1. The molecule has 1 rings (SSSR count). The van der Waals surface area contributed by atoms with Crippen LogP contribution in [0.1, 0.15) is 28.3 Å². The standard InChI is InChI=1S/C12H20N2O3/c1-9-7-10(17-11(9)12(15)16)8-13-5-4-6-14(2)3/h7,13H,4-6,8H2,1-3H3,(H,15,16). The maximum atomic E-state index is 10.8. The molecule has 0 aliphatic heterocycles. The van der Waals surface area contributed by atoms with Crippen LogP contribution in [0.5, 0.6) is 0 Å². The fourth-order valence-corrected chi connectivity index (χ4v) is 1.58. The molecule has 5 nitrogen and oxygen atoms in total. The summed E-state index contributed by atoms with van der Waals surface area (Å²) >= 11 is 0. The highest BCUT2D eigenvalue weighted by molar-refractivity contribution is 5.86. The highest BCUT2D eigenvalue weighted by Gasteiger charge is 2.13. The van der Waals surface area contributed by atoms with Crippen molar-refractivity contribution >= 4 is 5.97 Å². The SMILES string of the molecule is Cc1cc(CNCCCN(C)C)oc1C(=O)O. The number of aromatic carboxylic acids is 1. The third-order valence-electron chi connectivity index (χ3n) is 2.42. The van der Waals surface area contributed by atoms with E-state index in [2.05, 4.69) is 10.2 Å². The molecule has 0 radical (unpaired) electrons. The zero-order valence-electron chi connectivity index (χ0n) is 10.6. The molecule has 0 fully saturated rings. The number of carbonyl (C=O) groups is 1. The molecular weight excluding hydrogens is 220 g/mol. The summed E-state index contributed by atoms with van der Waals surface area (Å²) in [4.78, 5) is 12.9. The Bertz CT molecular complexity index is 372. The first-order valence-corrected chi connectivity index (χ1v) is 5.68. The average molecular weight is 240 g/mol. The van der Waals surface area contributed by atoms with E-state index in [0.717, 1.165) is 19.5 Å². The van der Waals surface area contributed by atoms with Gasteiger partial charge in [0.1, 0.15) is 5.76 Å². The summed E-state index contributed by atoms with van der Waals surface area (Å²) in [5.41, 5.74) is 0.669. The van der Waals surface area contributed by atoms with E-state index >= 15 is 0 Å². The zero-order chi connectivity index (χ0) is 12.8. The Morgan fingerprint density at radius 3 is 2.76 bits per heavy atom. The molecule has 1 aromatic rings. The molecule has 1 aromatic heterocycles. The summed E-state index contributed by atoms with van der Waals surface area (Å²) in [6.45, 7) is 4.23. The number of hydrogen-bond donors (Lipinski definition) is 2. The number of rotatable bonds is 7. The normalized spacial score (nSPS) is 11.1.